The van der Waals surface area contributed by atoms with Crippen molar-refractivity contribution < 1.29 is 14.2 Å². The lowest BCUT2D eigenvalue weighted by Gasteiger charge is -2.28. The summed E-state index contributed by atoms with van der Waals surface area (Å²) in [5.41, 5.74) is -0.488. The highest BCUT2D eigenvalue weighted by molar-refractivity contribution is 8.00. The van der Waals surface area contributed by atoms with Gasteiger partial charge in [-0.05, 0) is 5.41 Å². The van der Waals surface area contributed by atoms with Crippen molar-refractivity contribution in [1.82, 2.24) is 5.32 Å². The zero-order valence-electron chi connectivity index (χ0n) is 10.7. The molecule has 0 fully saturated rings. The van der Waals surface area contributed by atoms with Crippen LogP contribution in [0.1, 0.15) is 20.8 Å². The first-order chi connectivity index (χ1) is 7.79. The van der Waals surface area contributed by atoms with E-state index in [2.05, 4.69) is 17.1 Å². The summed E-state index contributed by atoms with van der Waals surface area (Å²) >= 11 is 0. The molecule has 0 aromatic rings. The first-order valence-corrected chi connectivity index (χ1v) is 6.54. The van der Waals surface area contributed by atoms with Crippen LogP contribution in [-0.2, 0) is 15.6 Å². The lowest BCUT2D eigenvalue weighted by atomic mass is 9.80. The van der Waals surface area contributed by atoms with E-state index in [4.69, 9.17) is 5.21 Å². The van der Waals surface area contributed by atoms with Crippen LogP contribution in [0.5, 0.6) is 0 Å². The minimum absolute atomic E-state index is 0.0169. The number of carbonyl (C=O) groups excluding carboxylic acids is 1. The fourth-order valence-corrected chi connectivity index (χ4v) is 2.65. The Bertz CT molecular complexity index is 345. The fraction of sp³-hybridized carbons (Fsp3) is 0.636. The van der Waals surface area contributed by atoms with Crippen molar-refractivity contribution in [3.8, 4) is 0 Å². The summed E-state index contributed by atoms with van der Waals surface area (Å²) in [6.45, 7) is 8.94. The molecule has 5 nitrogen and oxygen atoms in total. The van der Waals surface area contributed by atoms with Crippen molar-refractivity contribution >= 4 is 21.8 Å². The van der Waals surface area contributed by atoms with Crippen molar-refractivity contribution in [2.45, 2.75) is 20.8 Å². The number of oxime groups is 1. The second-order valence-corrected chi connectivity index (χ2v) is 6.10. The quantitative estimate of drug-likeness (QED) is 0.261. The monoisotopic (exact) mass is 260 g/mol. The maximum atomic E-state index is 11.9. The molecule has 0 aliphatic heterocycles. The summed E-state index contributed by atoms with van der Waals surface area (Å²) in [5, 5.41) is 14.5. The molecule has 0 radical (unpaired) electrons. The molecule has 2 unspecified atom stereocenters. The largest absolute Gasteiger partial charge is 0.410 e. The molecule has 0 aliphatic rings. The van der Waals surface area contributed by atoms with E-state index >= 15 is 0 Å². The summed E-state index contributed by atoms with van der Waals surface area (Å²) in [6.07, 6.45) is 1.46. The third kappa shape index (κ3) is 4.30. The first kappa shape index (κ1) is 15.8. The second-order valence-electron chi connectivity index (χ2n) is 4.65. The summed E-state index contributed by atoms with van der Waals surface area (Å²) in [6, 6.07) is 0. The Labute approximate surface area is 104 Å². The highest BCUT2D eigenvalue weighted by atomic mass is 32.2. The summed E-state index contributed by atoms with van der Waals surface area (Å²) in [5.74, 6) is -0.899. The molecule has 1 amide bonds. The van der Waals surface area contributed by atoms with Crippen LogP contribution < -0.4 is 5.32 Å². The Balaban J connectivity index is 5.36. The average Bonchev–Trinajstić information content (AvgIpc) is 2.23. The Morgan fingerprint density at radius 1 is 1.59 bits per heavy atom. The van der Waals surface area contributed by atoms with Gasteiger partial charge in [-0.3, -0.25) is 9.00 Å². The predicted octanol–water partition coefficient (Wildman–Crippen LogP) is 1.12. The zero-order chi connectivity index (χ0) is 13.6. The molecule has 0 bridgehead atoms. The minimum Gasteiger partial charge on any atom is -0.410 e. The van der Waals surface area contributed by atoms with Gasteiger partial charge in [-0.25, -0.2) is 0 Å². The van der Waals surface area contributed by atoms with Crippen molar-refractivity contribution in [3.63, 3.8) is 0 Å². The van der Waals surface area contributed by atoms with Gasteiger partial charge in [0.05, 0.1) is 16.7 Å². The summed E-state index contributed by atoms with van der Waals surface area (Å²) in [7, 11) is -0.0429. The van der Waals surface area contributed by atoms with Crippen LogP contribution in [-0.4, -0.2) is 33.2 Å². The summed E-state index contributed by atoms with van der Waals surface area (Å²) < 4.78 is 11.9. The highest BCUT2D eigenvalue weighted by Gasteiger charge is 2.38. The van der Waals surface area contributed by atoms with Crippen LogP contribution in [0.2, 0.25) is 0 Å². The minimum atomic E-state index is -1.54. The molecule has 17 heavy (non-hydrogen) atoms. The third-order valence-electron chi connectivity index (χ3n) is 2.22. The number of hydrogen-bond acceptors (Lipinski definition) is 4. The fourth-order valence-electron chi connectivity index (χ4n) is 1.45. The molecule has 0 saturated heterocycles. The van der Waals surface area contributed by atoms with Gasteiger partial charge in [0.15, 0.2) is 5.04 Å². The first-order valence-electron chi connectivity index (χ1n) is 5.22. The Morgan fingerprint density at radius 3 is 2.41 bits per heavy atom. The van der Waals surface area contributed by atoms with Crippen LogP contribution in [0.4, 0.5) is 0 Å². The molecular weight excluding hydrogens is 240 g/mol. The molecule has 0 aliphatic carbocycles. The molecule has 98 valence electrons. The van der Waals surface area contributed by atoms with Crippen LogP contribution in [0.15, 0.2) is 17.8 Å². The van der Waals surface area contributed by atoms with Crippen molar-refractivity contribution in [2.24, 2.45) is 16.5 Å². The van der Waals surface area contributed by atoms with Gasteiger partial charge >= 0.3 is 0 Å². The van der Waals surface area contributed by atoms with E-state index in [1.807, 2.05) is 20.8 Å². The van der Waals surface area contributed by atoms with Crippen molar-refractivity contribution in [1.29, 1.82) is 0 Å². The van der Waals surface area contributed by atoms with Gasteiger partial charge in [-0.1, -0.05) is 32.0 Å². The molecule has 0 rings (SSSR count). The summed E-state index contributed by atoms with van der Waals surface area (Å²) in [4.78, 5) is 11.8. The van der Waals surface area contributed by atoms with E-state index in [0.717, 1.165) is 0 Å². The van der Waals surface area contributed by atoms with E-state index < -0.39 is 22.1 Å². The molecule has 2 N–H and O–H groups in total. The van der Waals surface area contributed by atoms with E-state index in [1.165, 1.54) is 13.1 Å². The Hall–Kier alpha value is -1.17. The number of nitrogens with zero attached hydrogens (tertiary/aromatic N) is 1. The second kappa shape index (κ2) is 6.54. The maximum absolute atomic E-state index is 11.9. The lowest BCUT2D eigenvalue weighted by Crippen LogP contribution is -2.43. The van der Waals surface area contributed by atoms with Gasteiger partial charge in [0, 0.05) is 12.8 Å². The number of hydrogen-bond donors (Lipinski definition) is 2. The molecule has 0 aromatic heterocycles. The average molecular weight is 260 g/mol. The molecule has 2 atom stereocenters. The van der Waals surface area contributed by atoms with Crippen LogP contribution in [0, 0.1) is 11.3 Å². The van der Waals surface area contributed by atoms with Crippen molar-refractivity contribution in [3.05, 3.63) is 12.7 Å². The van der Waals surface area contributed by atoms with E-state index in [1.54, 1.807) is 0 Å². The SMILES string of the molecule is C=CCS(=O)/C(=N\O)C(C(=O)NC)C(C)(C)C. The van der Waals surface area contributed by atoms with Gasteiger partial charge in [0.1, 0.15) is 0 Å². The molecular formula is C11H20N2O3S. The van der Waals surface area contributed by atoms with Crippen LogP contribution >= 0.6 is 0 Å². The molecule has 6 heteroatoms. The van der Waals surface area contributed by atoms with E-state index in [9.17, 15) is 9.00 Å². The molecule has 0 heterocycles. The van der Waals surface area contributed by atoms with Gasteiger partial charge in [0.2, 0.25) is 5.91 Å². The standard InChI is InChI=1S/C11H20N2O3S/c1-6-7-17(16)10(13-15)8(9(14)12-5)11(2,3)4/h6,8,15H,1,7H2,2-5H3,(H,12,14)/b13-10-. The number of carbonyl (C=O) groups is 1. The van der Waals surface area contributed by atoms with Gasteiger partial charge in [-0.2, -0.15) is 0 Å². The van der Waals surface area contributed by atoms with E-state index in [0.29, 0.717) is 0 Å². The smallest absolute Gasteiger partial charge is 0.230 e. The Morgan fingerprint density at radius 2 is 2.12 bits per heavy atom. The molecule has 0 spiro atoms. The predicted molar refractivity (Wildman–Crippen MR) is 69.4 cm³/mol. The normalized spacial score (nSPS) is 16.1. The van der Waals surface area contributed by atoms with Gasteiger partial charge in [0.25, 0.3) is 0 Å². The number of amides is 1. The Kier molecular flexibility index (Phi) is 6.09. The number of nitrogens with one attached hydrogen (secondary N) is 1. The zero-order valence-corrected chi connectivity index (χ0v) is 11.5. The molecule has 0 saturated carbocycles. The van der Waals surface area contributed by atoms with Crippen LogP contribution in [0.3, 0.4) is 0 Å². The third-order valence-corrected chi connectivity index (χ3v) is 3.54. The number of rotatable bonds is 4. The topological polar surface area (TPSA) is 78.8 Å². The maximum Gasteiger partial charge on any atom is 0.230 e. The van der Waals surface area contributed by atoms with Gasteiger partial charge in [-0.15, -0.1) is 6.58 Å². The lowest BCUT2D eigenvalue weighted by molar-refractivity contribution is -0.124. The van der Waals surface area contributed by atoms with Crippen molar-refractivity contribution in [2.75, 3.05) is 12.8 Å². The van der Waals surface area contributed by atoms with Gasteiger partial charge < -0.3 is 10.5 Å². The highest BCUT2D eigenvalue weighted by Crippen LogP contribution is 2.28. The van der Waals surface area contributed by atoms with Crippen LogP contribution in [0.25, 0.3) is 0 Å². The molecule has 0 aromatic carbocycles. The van der Waals surface area contributed by atoms with E-state index in [-0.39, 0.29) is 16.7 Å².